The van der Waals surface area contributed by atoms with E-state index in [0.29, 0.717) is 12.1 Å². The number of rotatable bonds is 4. The topological polar surface area (TPSA) is 102 Å². The third-order valence-corrected chi connectivity index (χ3v) is 5.17. The van der Waals surface area contributed by atoms with Crippen molar-refractivity contribution in [2.24, 2.45) is 0 Å². The Balaban J connectivity index is 1.86. The highest BCUT2D eigenvalue weighted by molar-refractivity contribution is 5.95. The number of carbonyl (C=O) groups is 1. The molecule has 0 saturated carbocycles. The molecule has 2 heterocycles. The van der Waals surface area contributed by atoms with Gasteiger partial charge in [-0.05, 0) is 38.7 Å². The van der Waals surface area contributed by atoms with Gasteiger partial charge in [-0.15, -0.1) is 0 Å². The highest BCUT2D eigenvalue weighted by Gasteiger charge is 2.40. The van der Waals surface area contributed by atoms with Crippen molar-refractivity contribution in [1.29, 1.82) is 0 Å². The van der Waals surface area contributed by atoms with Crippen LogP contribution in [0, 0.1) is 5.82 Å². The number of benzene rings is 1. The molecule has 0 aliphatic carbocycles. The van der Waals surface area contributed by atoms with Gasteiger partial charge in [-0.1, -0.05) is 12.1 Å². The Labute approximate surface area is 162 Å². The fraction of sp³-hybridized carbons (Fsp3) is 0.421. The number of carbonyl (C=O) groups excluding carboxylic acids is 1. The van der Waals surface area contributed by atoms with Gasteiger partial charge in [0.05, 0.1) is 5.54 Å². The van der Waals surface area contributed by atoms with Gasteiger partial charge in [0.2, 0.25) is 5.75 Å². The summed E-state index contributed by atoms with van der Waals surface area (Å²) in [7, 11) is 3.90. The Morgan fingerprint density at radius 3 is 2.57 bits per heavy atom. The second kappa shape index (κ2) is 7.69. The third kappa shape index (κ3) is 3.90. The van der Waals surface area contributed by atoms with Crippen LogP contribution >= 0.6 is 0 Å². The van der Waals surface area contributed by atoms with Crippen LogP contribution in [0.4, 0.5) is 4.39 Å². The average Bonchev–Trinajstić information content (AvgIpc) is 2.66. The summed E-state index contributed by atoms with van der Waals surface area (Å²) in [5, 5.41) is 22.8. The molecule has 0 bridgehead atoms. The number of aromatic nitrogens is 2. The first-order valence-electron chi connectivity index (χ1n) is 8.93. The molecular formula is C19H24FN5O3. The fourth-order valence-corrected chi connectivity index (χ4v) is 3.24. The van der Waals surface area contributed by atoms with Crippen molar-refractivity contribution < 1.29 is 19.4 Å². The molecule has 1 atom stereocenters. The summed E-state index contributed by atoms with van der Waals surface area (Å²) in [6, 6.07) is 5.69. The monoisotopic (exact) mass is 389 g/mol. The van der Waals surface area contributed by atoms with E-state index >= 15 is 0 Å². The number of aromatic hydroxyl groups is 2. The minimum atomic E-state index is -0.671. The molecule has 3 N–H and O–H groups in total. The minimum absolute atomic E-state index is 0.124. The molecule has 9 heteroatoms. The Hall–Kier alpha value is -2.78. The zero-order valence-electron chi connectivity index (χ0n) is 16.1. The molecule has 1 aliphatic rings. The summed E-state index contributed by atoms with van der Waals surface area (Å²) in [5.41, 5.74) is -0.245. The van der Waals surface area contributed by atoms with E-state index in [-0.39, 0.29) is 23.9 Å². The molecule has 1 aromatic carbocycles. The second-order valence-electron chi connectivity index (χ2n) is 7.31. The van der Waals surface area contributed by atoms with Crippen LogP contribution in [0.25, 0.3) is 0 Å². The van der Waals surface area contributed by atoms with Crippen molar-refractivity contribution in [3.63, 3.8) is 0 Å². The van der Waals surface area contributed by atoms with Gasteiger partial charge in [-0.3, -0.25) is 9.69 Å². The number of halogens is 1. The van der Waals surface area contributed by atoms with Gasteiger partial charge in [0.1, 0.15) is 5.82 Å². The largest absolute Gasteiger partial charge is 0.501 e. The molecular weight excluding hydrogens is 365 g/mol. The molecule has 8 nitrogen and oxygen atoms in total. The van der Waals surface area contributed by atoms with Gasteiger partial charge in [-0.25, -0.2) is 9.37 Å². The first kappa shape index (κ1) is 20.0. The predicted octanol–water partition coefficient (Wildman–Crippen LogP) is 1.05. The quantitative estimate of drug-likeness (QED) is 0.718. The highest BCUT2D eigenvalue weighted by atomic mass is 19.1. The van der Waals surface area contributed by atoms with Crippen molar-refractivity contribution in [3.8, 4) is 11.6 Å². The number of nitrogens with one attached hydrogen (secondary N) is 1. The van der Waals surface area contributed by atoms with Crippen LogP contribution in [0.1, 0.15) is 28.8 Å². The summed E-state index contributed by atoms with van der Waals surface area (Å²) >= 11 is 0. The molecule has 150 valence electrons. The van der Waals surface area contributed by atoms with Crippen molar-refractivity contribution in [2.75, 3.05) is 33.7 Å². The van der Waals surface area contributed by atoms with Crippen molar-refractivity contribution >= 4 is 5.91 Å². The van der Waals surface area contributed by atoms with Crippen LogP contribution in [0.3, 0.4) is 0 Å². The molecule has 28 heavy (non-hydrogen) atoms. The molecule has 3 rings (SSSR count). The summed E-state index contributed by atoms with van der Waals surface area (Å²) in [5.74, 6) is -2.08. The van der Waals surface area contributed by atoms with Gasteiger partial charge in [-0.2, -0.15) is 4.98 Å². The minimum Gasteiger partial charge on any atom is -0.501 e. The first-order valence-corrected chi connectivity index (χ1v) is 8.93. The van der Waals surface area contributed by atoms with Gasteiger partial charge < -0.3 is 20.4 Å². The summed E-state index contributed by atoms with van der Waals surface area (Å²) in [4.78, 5) is 25.0. The Morgan fingerprint density at radius 1 is 1.21 bits per heavy atom. The maximum absolute atomic E-state index is 13.0. The van der Waals surface area contributed by atoms with Gasteiger partial charge in [0.15, 0.2) is 11.5 Å². The van der Waals surface area contributed by atoms with Crippen LogP contribution in [0.2, 0.25) is 0 Å². The van der Waals surface area contributed by atoms with Crippen molar-refractivity contribution in [2.45, 2.75) is 19.0 Å². The van der Waals surface area contributed by atoms with Gasteiger partial charge >= 0.3 is 0 Å². The lowest BCUT2D eigenvalue weighted by atomic mass is 9.95. The van der Waals surface area contributed by atoms with E-state index in [1.807, 2.05) is 21.0 Å². The average molecular weight is 389 g/mol. The number of amides is 1. The lowest BCUT2D eigenvalue weighted by Gasteiger charge is -2.45. The molecule has 1 unspecified atom stereocenters. The normalized spacial score (nSPS) is 20.9. The Bertz CT molecular complexity index is 877. The van der Waals surface area contributed by atoms with E-state index in [1.54, 1.807) is 12.1 Å². The van der Waals surface area contributed by atoms with Gasteiger partial charge in [0.25, 0.3) is 11.8 Å². The first-order chi connectivity index (χ1) is 13.2. The molecule has 0 spiro atoms. The summed E-state index contributed by atoms with van der Waals surface area (Å²) < 4.78 is 13.0. The summed E-state index contributed by atoms with van der Waals surface area (Å²) in [6.07, 6.45) is 0. The molecule has 1 fully saturated rings. The predicted molar refractivity (Wildman–Crippen MR) is 100 cm³/mol. The number of hydrogen-bond donors (Lipinski definition) is 3. The van der Waals surface area contributed by atoms with E-state index in [9.17, 15) is 19.4 Å². The second-order valence-corrected chi connectivity index (χ2v) is 7.31. The lowest BCUT2D eigenvalue weighted by Crippen LogP contribution is -2.56. The zero-order chi connectivity index (χ0) is 20.5. The number of piperazine rings is 1. The number of hydrogen-bond acceptors (Lipinski definition) is 7. The Morgan fingerprint density at radius 2 is 1.89 bits per heavy atom. The number of nitrogens with zero attached hydrogens (tertiary/aromatic N) is 4. The maximum atomic E-state index is 13.0. The van der Waals surface area contributed by atoms with Gasteiger partial charge in [0, 0.05) is 26.2 Å². The molecule has 1 amide bonds. The number of likely N-dealkylation sites (N-methyl/N-ethyl adjacent to an activating group) is 2. The van der Waals surface area contributed by atoms with Crippen molar-refractivity contribution in [1.82, 2.24) is 25.1 Å². The SMILES string of the molecule is CN1CCN(C)C(C)(c2nc(O)c(O)c(C(=O)NCc3ccc(F)cc3)n2)C1. The van der Waals surface area contributed by atoms with Crippen LogP contribution in [0.5, 0.6) is 11.6 Å². The van der Waals surface area contributed by atoms with E-state index in [4.69, 9.17) is 0 Å². The third-order valence-electron chi connectivity index (χ3n) is 5.17. The molecule has 1 aliphatic heterocycles. The summed E-state index contributed by atoms with van der Waals surface area (Å²) in [6.45, 7) is 4.29. The van der Waals surface area contributed by atoms with E-state index in [2.05, 4.69) is 25.1 Å². The van der Waals surface area contributed by atoms with Crippen LogP contribution in [0.15, 0.2) is 24.3 Å². The molecule has 1 aromatic heterocycles. The standard InChI is InChI=1S/C19H24FN5O3/c1-19(11-24(2)8-9-25(19)3)18-22-14(15(26)17(28)23-18)16(27)21-10-12-4-6-13(20)7-5-12/h4-7,26H,8-11H2,1-3H3,(H,21,27)(H,22,23,28). The van der Waals surface area contributed by atoms with Crippen molar-refractivity contribution in [3.05, 3.63) is 47.2 Å². The molecule has 0 radical (unpaired) electrons. The van der Waals surface area contributed by atoms with E-state index < -0.39 is 23.1 Å². The molecule has 2 aromatic rings. The maximum Gasteiger partial charge on any atom is 0.274 e. The Kier molecular flexibility index (Phi) is 5.48. The highest BCUT2D eigenvalue weighted by Crippen LogP contribution is 2.33. The van der Waals surface area contributed by atoms with Crippen LogP contribution < -0.4 is 5.32 Å². The molecule has 1 saturated heterocycles. The van der Waals surface area contributed by atoms with E-state index in [0.717, 1.165) is 13.1 Å². The zero-order valence-corrected chi connectivity index (χ0v) is 16.1. The fourth-order valence-electron chi connectivity index (χ4n) is 3.24. The van der Waals surface area contributed by atoms with Crippen LogP contribution in [-0.4, -0.2) is 69.6 Å². The van der Waals surface area contributed by atoms with E-state index in [1.165, 1.54) is 12.1 Å². The smallest absolute Gasteiger partial charge is 0.274 e. The lowest BCUT2D eigenvalue weighted by molar-refractivity contribution is 0.0307. The van der Waals surface area contributed by atoms with Crippen LogP contribution in [-0.2, 0) is 12.1 Å².